The number of ether oxygens (including phenoxy) is 3. The van der Waals surface area contributed by atoms with Gasteiger partial charge in [-0.15, -0.1) is 0 Å². The van der Waals surface area contributed by atoms with Crippen LogP contribution < -0.4 is 19.9 Å². The highest BCUT2D eigenvalue weighted by atomic mass is 19.3. The molecule has 0 radical (unpaired) electrons. The van der Waals surface area contributed by atoms with E-state index in [1.165, 1.54) is 6.20 Å². The molecule has 2 amide bonds. The van der Waals surface area contributed by atoms with Gasteiger partial charge in [0, 0.05) is 44.1 Å². The molecule has 1 aliphatic carbocycles. The molecular weight excluding hydrogens is 500 g/mol. The molecule has 3 fully saturated rings. The third kappa shape index (κ3) is 4.90. The fourth-order valence-corrected chi connectivity index (χ4v) is 5.22. The molecule has 2 aromatic heterocycles. The van der Waals surface area contributed by atoms with Crippen LogP contribution in [0.3, 0.4) is 0 Å². The maximum Gasteiger partial charge on any atom is 0.329 e. The number of hydrogen-bond donors (Lipinski definition) is 1. The van der Waals surface area contributed by atoms with Gasteiger partial charge in [-0.05, 0) is 38.5 Å². The zero-order chi connectivity index (χ0) is 26.7. The van der Waals surface area contributed by atoms with E-state index in [9.17, 15) is 18.4 Å². The largest absolute Gasteiger partial charge is 0.491 e. The van der Waals surface area contributed by atoms with E-state index in [4.69, 9.17) is 14.2 Å². The van der Waals surface area contributed by atoms with Gasteiger partial charge < -0.3 is 19.1 Å². The highest BCUT2D eigenvalue weighted by Gasteiger charge is 2.57. The van der Waals surface area contributed by atoms with Crippen molar-refractivity contribution in [2.45, 2.75) is 57.0 Å². The van der Waals surface area contributed by atoms with Crippen LogP contribution in [0.1, 0.15) is 43.6 Å². The monoisotopic (exact) mass is 529 g/mol. The second-order valence-corrected chi connectivity index (χ2v) is 10.7. The predicted molar refractivity (Wildman–Crippen MR) is 133 cm³/mol. The van der Waals surface area contributed by atoms with Crippen molar-refractivity contribution >= 4 is 29.1 Å². The Labute approximate surface area is 218 Å². The van der Waals surface area contributed by atoms with Crippen LogP contribution >= 0.6 is 0 Å². The van der Waals surface area contributed by atoms with E-state index in [1.807, 2.05) is 13.8 Å². The fraction of sp³-hybridized carbons (Fsp3) is 0.538. The van der Waals surface area contributed by atoms with Gasteiger partial charge in [0.25, 0.3) is 5.92 Å². The van der Waals surface area contributed by atoms with Gasteiger partial charge in [0.1, 0.15) is 30.0 Å². The number of carbonyl (C=O) groups is 2. The van der Waals surface area contributed by atoms with Crippen LogP contribution in [0, 0.1) is 5.92 Å². The van der Waals surface area contributed by atoms with Crippen molar-refractivity contribution in [3.8, 4) is 5.75 Å². The molecular formula is C26H29F2N5O5. The summed E-state index contributed by atoms with van der Waals surface area (Å²) < 4.78 is 43.8. The number of carbonyl (C=O) groups excluding carboxylic acids is 2. The molecule has 3 aliphatic heterocycles. The molecule has 4 aliphatic rings. The highest BCUT2D eigenvalue weighted by molar-refractivity contribution is 6.05. The number of alkyl halides is 2. The second-order valence-electron chi connectivity index (χ2n) is 10.7. The standard InChI is InChI=1S/C26H29F2N5O5/c1-25(2)37-14-18(38-25)13-36-17-5-7-29-22(10-17)31-24(35)33-16-6-8-32(12-16)20-4-3-19(30-23(20)33)21(34)9-15-11-26(15,27)28/h3-5,7,10,15-16,18H,6,8-9,11-14H2,1-2H3,(H,29,31,35)/t15?,16-,18-/m0/s1. The van der Waals surface area contributed by atoms with E-state index < -0.39 is 29.4 Å². The first-order valence-corrected chi connectivity index (χ1v) is 12.8. The average molecular weight is 530 g/mol. The normalized spacial score (nSPS) is 26.2. The Morgan fingerprint density at radius 2 is 2.08 bits per heavy atom. The summed E-state index contributed by atoms with van der Waals surface area (Å²) in [5.41, 5.74) is 0.815. The number of fused-ring (bicyclic) bond motifs is 4. The Balaban J connectivity index is 1.16. The van der Waals surface area contributed by atoms with Crippen molar-refractivity contribution in [1.29, 1.82) is 0 Å². The molecule has 2 aromatic rings. The topological polar surface area (TPSA) is 106 Å². The Hall–Kier alpha value is -3.38. The lowest BCUT2D eigenvalue weighted by atomic mass is 10.1. The van der Waals surface area contributed by atoms with Gasteiger partial charge in [-0.25, -0.2) is 23.5 Å². The van der Waals surface area contributed by atoms with Crippen LogP contribution in [0.4, 0.5) is 30.9 Å². The number of urea groups is 1. The number of nitrogens with one attached hydrogen (secondary N) is 1. The summed E-state index contributed by atoms with van der Waals surface area (Å²) in [6.45, 7) is 5.78. The van der Waals surface area contributed by atoms with Gasteiger partial charge in [-0.1, -0.05) is 0 Å². The molecule has 1 N–H and O–H groups in total. The van der Waals surface area contributed by atoms with Crippen LogP contribution in [0.15, 0.2) is 30.5 Å². The Bertz CT molecular complexity index is 1270. The summed E-state index contributed by atoms with van der Waals surface area (Å²) in [4.78, 5) is 38.5. The van der Waals surface area contributed by atoms with Crippen LogP contribution in [0.5, 0.6) is 5.75 Å². The Morgan fingerprint density at radius 3 is 2.82 bits per heavy atom. The van der Waals surface area contributed by atoms with E-state index in [-0.39, 0.29) is 37.3 Å². The van der Waals surface area contributed by atoms with Gasteiger partial charge in [-0.3, -0.25) is 15.0 Å². The van der Waals surface area contributed by atoms with Crippen LogP contribution in [-0.4, -0.2) is 71.9 Å². The summed E-state index contributed by atoms with van der Waals surface area (Å²) in [6, 6.07) is 6.01. The summed E-state index contributed by atoms with van der Waals surface area (Å²) in [6.07, 6.45) is 1.52. The molecule has 2 bridgehead atoms. The lowest BCUT2D eigenvalue weighted by Gasteiger charge is -2.35. The van der Waals surface area contributed by atoms with Gasteiger partial charge >= 0.3 is 6.03 Å². The van der Waals surface area contributed by atoms with E-state index in [2.05, 4.69) is 20.2 Å². The van der Waals surface area contributed by atoms with Gasteiger partial charge in [0.15, 0.2) is 17.4 Å². The average Bonchev–Trinajstić information content (AvgIpc) is 3.16. The number of halogens is 2. The first-order valence-electron chi connectivity index (χ1n) is 12.8. The van der Waals surface area contributed by atoms with Crippen molar-refractivity contribution in [3.63, 3.8) is 0 Å². The summed E-state index contributed by atoms with van der Waals surface area (Å²) >= 11 is 0. The molecule has 10 nitrogen and oxygen atoms in total. The molecule has 2 saturated heterocycles. The summed E-state index contributed by atoms with van der Waals surface area (Å²) in [5, 5.41) is 2.82. The van der Waals surface area contributed by atoms with Gasteiger partial charge in [0.2, 0.25) is 0 Å². The Morgan fingerprint density at radius 1 is 1.26 bits per heavy atom. The summed E-state index contributed by atoms with van der Waals surface area (Å²) in [5.74, 6) is -3.66. The SMILES string of the molecule is CC1(C)OC[C@H](COc2ccnc(NC(=O)N3c4nc(C(=O)CC5CC5(F)F)ccc4N4CC[C@H]3C4)c2)O1. The maximum atomic E-state index is 13.5. The number of nitrogens with zero attached hydrogens (tertiary/aromatic N) is 4. The number of amides is 2. The minimum Gasteiger partial charge on any atom is -0.491 e. The molecule has 1 unspecified atom stereocenters. The van der Waals surface area contributed by atoms with Crippen molar-refractivity contribution in [2.75, 3.05) is 41.4 Å². The second kappa shape index (κ2) is 9.12. The third-order valence-corrected chi connectivity index (χ3v) is 7.31. The van der Waals surface area contributed by atoms with Crippen LogP contribution in [0.2, 0.25) is 0 Å². The van der Waals surface area contributed by atoms with Crippen LogP contribution in [0.25, 0.3) is 0 Å². The molecule has 202 valence electrons. The predicted octanol–water partition coefficient (Wildman–Crippen LogP) is 3.87. The quantitative estimate of drug-likeness (QED) is 0.539. The number of anilines is 3. The first-order chi connectivity index (χ1) is 18.1. The van der Waals surface area contributed by atoms with Crippen molar-refractivity contribution in [1.82, 2.24) is 9.97 Å². The van der Waals surface area contributed by atoms with E-state index in [0.717, 1.165) is 18.7 Å². The van der Waals surface area contributed by atoms with Crippen molar-refractivity contribution < 1.29 is 32.6 Å². The van der Waals surface area contributed by atoms with E-state index >= 15 is 0 Å². The van der Waals surface area contributed by atoms with E-state index in [0.29, 0.717) is 30.5 Å². The fourth-order valence-electron chi connectivity index (χ4n) is 5.22. The number of pyridine rings is 2. The first kappa shape index (κ1) is 24.9. The molecule has 38 heavy (non-hydrogen) atoms. The van der Waals surface area contributed by atoms with Crippen LogP contribution in [-0.2, 0) is 9.47 Å². The Kier molecular flexibility index (Phi) is 5.98. The molecule has 3 atom stereocenters. The highest BCUT2D eigenvalue weighted by Crippen LogP contribution is 2.51. The lowest BCUT2D eigenvalue weighted by Crippen LogP contribution is -2.48. The number of ketones is 1. The zero-order valence-corrected chi connectivity index (χ0v) is 21.2. The smallest absolute Gasteiger partial charge is 0.329 e. The molecule has 12 heteroatoms. The minimum absolute atomic E-state index is 0.0848. The number of hydrogen-bond acceptors (Lipinski definition) is 8. The zero-order valence-electron chi connectivity index (χ0n) is 21.2. The van der Waals surface area contributed by atoms with Gasteiger partial charge in [-0.2, -0.15) is 0 Å². The van der Waals surface area contributed by atoms with Crippen molar-refractivity contribution in [3.05, 3.63) is 36.2 Å². The molecule has 0 spiro atoms. The van der Waals surface area contributed by atoms with Gasteiger partial charge in [0.05, 0.1) is 18.3 Å². The van der Waals surface area contributed by atoms with Crippen molar-refractivity contribution in [2.24, 2.45) is 5.92 Å². The number of rotatable bonds is 7. The molecule has 0 aromatic carbocycles. The molecule has 6 rings (SSSR count). The number of Topliss-reactive ketones (excluding diaryl/α,β-unsaturated/α-hetero) is 1. The molecule has 1 saturated carbocycles. The lowest BCUT2D eigenvalue weighted by molar-refractivity contribution is -0.141. The van der Waals surface area contributed by atoms with E-state index in [1.54, 1.807) is 29.2 Å². The third-order valence-electron chi connectivity index (χ3n) is 7.31. The summed E-state index contributed by atoms with van der Waals surface area (Å²) in [7, 11) is 0. The minimum atomic E-state index is -2.78. The maximum absolute atomic E-state index is 13.5. The molecule has 5 heterocycles. The number of aromatic nitrogens is 2.